The number of hydrogen-bond donors (Lipinski definition) is 1. The van der Waals surface area contributed by atoms with Crippen molar-refractivity contribution in [3.8, 4) is 0 Å². The zero-order valence-corrected chi connectivity index (χ0v) is 14.2. The van der Waals surface area contributed by atoms with Crippen LogP contribution in [-0.2, 0) is 19.4 Å². The Labute approximate surface area is 135 Å². The average molecular weight is 346 g/mol. The zero-order valence-electron chi connectivity index (χ0n) is 12.6. The molecule has 1 aromatic rings. The first-order chi connectivity index (χ1) is 10.3. The normalized spacial score (nSPS) is 27.5. The van der Waals surface area contributed by atoms with Gasteiger partial charge >= 0.3 is 5.97 Å². The van der Waals surface area contributed by atoms with Gasteiger partial charge in [-0.15, -0.1) is 0 Å². The van der Waals surface area contributed by atoms with Crippen LogP contribution < -0.4 is 5.73 Å². The molecule has 0 saturated heterocycles. The molecule has 5 nitrogen and oxygen atoms in total. The number of halogens is 1. The summed E-state index contributed by atoms with van der Waals surface area (Å²) in [5.41, 5.74) is 5.35. The number of nitrogens with two attached hydrogens (primary N) is 1. The molecule has 22 heavy (non-hydrogen) atoms. The van der Waals surface area contributed by atoms with Crippen LogP contribution >= 0.6 is 11.6 Å². The maximum absolute atomic E-state index is 12.4. The number of ether oxygens (including phenoxy) is 1. The number of rotatable bonds is 6. The van der Waals surface area contributed by atoms with Crippen LogP contribution in [0.15, 0.2) is 24.3 Å². The summed E-state index contributed by atoms with van der Waals surface area (Å²) in [4.78, 5) is 12.4. The summed E-state index contributed by atoms with van der Waals surface area (Å²) in [6.45, 7) is 3.37. The SMILES string of the molecule is CCOC(=O)[C@@]1(CN)[C@H](c2ccc(Cl)cc2)[C@@H]1S(=O)(=O)CC. The van der Waals surface area contributed by atoms with Crippen LogP contribution in [0.1, 0.15) is 25.3 Å². The topological polar surface area (TPSA) is 86.5 Å². The number of benzene rings is 1. The second-order valence-corrected chi connectivity index (χ2v) is 8.21. The maximum atomic E-state index is 12.4. The van der Waals surface area contributed by atoms with Gasteiger partial charge in [-0.25, -0.2) is 8.42 Å². The van der Waals surface area contributed by atoms with Crippen LogP contribution in [0, 0.1) is 5.41 Å². The number of sulfone groups is 1. The van der Waals surface area contributed by atoms with Gasteiger partial charge in [0.2, 0.25) is 0 Å². The van der Waals surface area contributed by atoms with E-state index in [1.54, 1.807) is 38.1 Å². The van der Waals surface area contributed by atoms with Gasteiger partial charge < -0.3 is 10.5 Å². The summed E-state index contributed by atoms with van der Waals surface area (Å²) in [5.74, 6) is -1.07. The highest BCUT2D eigenvalue weighted by Gasteiger charge is 2.74. The lowest BCUT2D eigenvalue weighted by molar-refractivity contribution is -0.149. The fourth-order valence-electron chi connectivity index (χ4n) is 3.09. The smallest absolute Gasteiger partial charge is 0.315 e. The Bertz CT molecular complexity index is 659. The Morgan fingerprint density at radius 1 is 1.32 bits per heavy atom. The Morgan fingerprint density at radius 3 is 2.36 bits per heavy atom. The summed E-state index contributed by atoms with van der Waals surface area (Å²) < 4.78 is 29.9. The first-order valence-electron chi connectivity index (χ1n) is 7.19. The van der Waals surface area contributed by atoms with Gasteiger partial charge in [0.05, 0.1) is 11.9 Å². The van der Waals surface area contributed by atoms with Gasteiger partial charge in [0.25, 0.3) is 0 Å². The number of carbonyl (C=O) groups excluding carboxylic acids is 1. The van der Waals surface area contributed by atoms with E-state index in [4.69, 9.17) is 22.1 Å². The average Bonchev–Trinajstić information content (AvgIpc) is 3.20. The molecule has 0 spiro atoms. The predicted molar refractivity (Wildman–Crippen MR) is 85.6 cm³/mol. The summed E-state index contributed by atoms with van der Waals surface area (Å²) in [7, 11) is -3.43. The Kier molecular flexibility index (Phi) is 4.84. The fourth-order valence-corrected chi connectivity index (χ4v) is 5.29. The van der Waals surface area contributed by atoms with E-state index in [0.29, 0.717) is 5.02 Å². The second-order valence-electron chi connectivity index (χ2n) is 5.37. The molecule has 3 atom stereocenters. The standard InChI is InChI=1S/C15H20ClNO4S/c1-3-21-14(18)15(9-17)12(13(15)22(19,20)4-2)10-5-7-11(16)8-6-10/h5-8,12-13H,3-4,9,17H2,1-2H3/t12-,13+,15+/m1/s1. The molecule has 2 rings (SSSR count). The van der Waals surface area contributed by atoms with Gasteiger partial charge in [-0.05, 0) is 24.6 Å². The zero-order chi connectivity index (χ0) is 16.5. The fraction of sp³-hybridized carbons (Fsp3) is 0.533. The number of hydrogen-bond acceptors (Lipinski definition) is 5. The van der Waals surface area contributed by atoms with Gasteiger partial charge in [0.1, 0.15) is 5.41 Å². The Morgan fingerprint density at radius 2 is 1.91 bits per heavy atom. The second kappa shape index (κ2) is 6.18. The molecule has 1 saturated carbocycles. The molecule has 122 valence electrons. The van der Waals surface area contributed by atoms with Crippen molar-refractivity contribution < 1.29 is 17.9 Å². The van der Waals surface area contributed by atoms with Crippen LogP contribution in [0.5, 0.6) is 0 Å². The molecule has 2 N–H and O–H groups in total. The van der Waals surface area contributed by atoms with Gasteiger partial charge in [-0.1, -0.05) is 30.7 Å². The van der Waals surface area contributed by atoms with Crippen LogP contribution in [0.4, 0.5) is 0 Å². The lowest BCUT2D eigenvalue weighted by atomic mass is 9.99. The highest BCUT2D eigenvalue weighted by Crippen LogP contribution is 2.63. The molecule has 1 aliphatic rings. The molecule has 7 heteroatoms. The van der Waals surface area contributed by atoms with Crippen molar-refractivity contribution in [1.29, 1.82) is 0 Å². The summed E-state index contributed by atoms with van der Waals surface area (Å²) in [5, 5.41) is -0.288. The third-order valence-corrected chi connectivity index (χ3v) is 6.79. The van der Waals surface area contributed by atoms with Crippen molar-refractivity contribution in [3.05, 3.63) is 34.9 Å². The molecule has 0 aromatic heterocycles. The van der Waals surface area contributed by atoms with Crippen LogP contribution in [0.2, 0.25) is 5.02 Å². The quantitative estimate of drug-likeness (QED) is 0.794. The van der Waals surface area contributed by atoms with Crippen LogP contribution in [0.25, 0.3) is 0 Å². The highest BCUT2D eigenvalue weighted by molar-refractivity contribution is 7.92. The molecule has 0 unspecified atom stereocenters. The van der Waals surface area contributed by atoms with Gasteiger partial charge in [0.15, 0.2) is 9.84 Å². The summed E-state index contributed by atoms with van der Waals surface area (Å²) >= 11 is 5.87. The van der Waals surface area contributed by atoms with Crippen molar-refractivity contribution >= 4 is 27.4 Å². The van der Waals surface area contributed by atoms with E-state index in [-0.39, 0.29) is 18.9 Å². The predicted octanol–water partition coefficient (Wildman–Crippen LogP) is 1.75. The van der Waals surface area contributed by atoms with Gasteiger partial charge in [-0.3, -0.25) is 4.79 Å². The minimum Gasteiger partial charge on any atom is -0.465 e. The van der Waals surface area contributed by atoms with E-state index < -0.39 is 32.4 Å². The molecule has 0 bridgehead atoms. The highest BCUT2D eigenvalue weighted by atomic mass is 35.5. The monoisotopic (exact) mass is 345 g/mol. The lowest BCUT2D eigenvalue weighted by Gasteiger charge is -2.14. The first-order valence-corrected chi connectivity index (χ1v) is 9.28. The first kappa shape index (κ1) is 17.2. The number of carbonyl (C=O) groups is 1. The largest absolute Gasteiger partial charge is 0.465 e. The van der Waals surface area contributed by atoms with Crippen molar-refractivity contribution in [1.82, 2.24) is 0 Å². The van der Waals surface area contributed by atoms with E-state index in [2.05, 4.69) is 0 Å². The van der Waals surface area contributed by atoms with Crippen LogP contribution in [0.3, 0.4) is 0 Å². The van der Waals surface area contributed by atoms with Crippen molar-refractivity contribution in [2.45, 2.75) is 25.0 Å². The molecule has 0 aliphatic heterocycles. The van der Waals surface area contributed by atoms with E-state index in [1.807, 2.05) is 0 Å². The summed E-state index contributed by atoms with van der Waals surface area (Å²) in [6, 6.07) is 6.83. The third kappa shape index (κ3) is 2.64. The minimum atomic E-state index is -3.43. The van der Waals surface area contributed by atoms with Gasteiger partial charge in [0, 0.05) is 23.2 Å². The maximum Gasteiger partial charge on any atom is 0.315 e. The number of esters is 1. The summed E-state index contributed by atoms with van der Waals surface area (Å²) in [6.07, 6.45) is 0. The minimum absolute atomic E-state index is 0.0388. The van der Waals surface area contributed by atoms with Crippen molar-refractivity contribution in [2.75, 3.05) is 18.9 Å². The molecule has 0 heterocycles. The third-order valence-electron chi connectivity index (χ3n) is 4.27. The van der Waals surface area contributed by atoms with E-state index in [1.165, 1.54) is 0 Å². The molecule has 1 aliphatic carbocycles. The Hall–Kier alpha value is -1.11. The molecular weight excluding hydrogens is 326 g/mol. The molecule has 0 amide bonds. The molecule has 1 fully saturated rings. The van der Waals surface area contributed by atoms with E-state index in [0.717, 1.165) is 5.56 Å². The van der Waals surface area contributed by atoms with Crippen molar-refractivity contribution in [2.24, 2.45) is 11.1 Å². The lowest BCUT2D eigenvalue weighted by Crippen LogP contribution is -2.34. The van der Waals surface area contributed by atoms with E-state index in [9.17, 15) is 13.2 Å². The van der Waals surface area contributed by atoms with Gasteiger partial charge in [-0.2, -0.15) is 0 Å². The molecular formula is C15H20ClNO4S. The van der Waals surface area contributed by atoms with E-state index >= 15 is 0 Å². The molecule has 1 aromatic carbocycles. The van der Waals surface area contributed by atoms with Crippen LogP contribution in [-0.4, -0.2) is 38.5 Å². The molecule has 0 radical (unpaired) electrons. The Balaban J connectivity index is 2.49. The van der Waals surface area contributed by atoms with Crippen molar-refractivity contribution in [3.63, 3.8) is 0 Å².